The van der Waals surface area contributed by atoms with Crippen LogP contribution in [0.5, 0.6) is 23.0 Å². The van der Waals surface area contributed by atoms with Gasteiger partial charge in [-0.05, 0) is 29.8 Å². The fourth-order valence-electron chi connectivity index (χ4n) is 2.65. The molecule has 0 bridgehead atoms. The molecule has 1 aliphatic heterocycles. The molecular weight excluding hydrogens is 497 g/mol. The molecule has 1 aliphatic rings. The van der Waals surface area contributed by atoms with Gasteiger partial charge in [0.25, 0.3) is 0 Å². The number of nitrogens with one attached hydrogen (secondary N) is 1. The number of benzene rings is 2. The third kappa shape index (κ3) is 5.48. The molecule has 0 saturated carbocycles. The fourth-order valence-corrected chi connectivity index (χ4v) is 2.94. The van der Waals surface area contributed by atoms with Crippen molar-refractivity contribution >= 4 is 47.2 Å². The van der Waals surface area contributed by atoms with Crippen molar-refractivity contribution in [2.24, 2.45) is 10.7 Å². The highest BCUT2D eigenvalue weighted by Gasteiger charge is 2.15. The summed E-state index contributed by atoms with van der Waals surface area (Å²) in [5.74, 6) is 2.73. The molecule has 9 heteroatoms. The lowest BCUT2D eigenvalue weighted by atomic mass is 10.2. The van der Waals surface area contributed by atoms with E-state index in [1.807, 2.05) is 18.2 Å². The van der Waals surface area contributed by atoms with Crippen molar-refractivity contribution in [1.82, 2.24) is 0 Å². The SMILES string of the molecule is COc1ccc(NC(N)=NCc2cc(Cl)c3c(c2)OCCCO3)cc1OC.I. The van der Waals surface area contributed by atoms with Crippen molar-refractivity contribution in [2.75, 3.05) is 32.8 Å². The smallest absolute Gasteiger partial charge is 0.193 e. The maximum Gasteiger partial charge on any atom is 0.193 e. The average molecular weight is 520 g/mol. The summed E-state index contributed by atoms with van der Waals surface area (Å²) >= 11 is 6.30. The van der Waals surface area contributed by atoms with E-state index < -0.39 is 0 Å². The first-order valence-electron chi connectivity index (χ1n) is 8.47. The Labute approximate surface area is 186 Å². The van der Waals surface area contributed by atoms with Crippen LogP contribution in [0.1, 0.15) is 12.0 Å². The summed E-state index contributed by atoms with van der Waals surface area (Å²) in [5, 5.41) is 3.53. The molecule has 1 heterocycles. The predicted octanol–water partition coefficient (Wildman–Crippen LogP) is 4.06. The number of hydrogen-bond donors (Lipinski definition) is 2. The molecule has 2 aromatic carbocycles. The first-order valence-corrected chi connectivity index (χ1v) is 8.85. The van der Waals surface area contributed by atoms with Gasteiger partial charge in [-0.1, -0.05) is 11.6 Å². The second-order valence-electron chi connectivity index (χ2n) is 5.85. The third-order valence-electron chi connectivity index (χ3n) is 3.95. The highest BCUT2D eigenvalue weighted by atomic mass is 127. The van der Waals surface area contributed by atoms with E-state index in [1.54, 1.807) is 26.4 Å². The first kappa shape index (κ1) is 22.2. The molecule has 3 N–H and O–H groups in total. The molecule has 0 amide bonds. The molecule has 0 radical (unpaired) electrons. The minimum absolute atomic E-state index is 0. The predicted molar refractivity (Wildman–Crippen MR) is 121 cm³/mol. The zero-order chi connectivity index (χ0) is 19.2. The molecule has 0 spiro atoms. The number of anilines is 1. The minimum atomic E-state index is 0. The summed E-state index contributed by atoms with van der Waals surface area (Å²) in [5.41, 5.74) is 7.61. The van der Waals surface area contributed by atoms with E-state index in [2.05, 4.69) is 10.3 Å². The maximum atomic E-state index is 6.30. The van der Waals surface area contributed by atoms with Crippen molar-refractivity contribution in [3.63, 3.8) is 0 Å². The molecule has 3 rings (SSSR count). The zero-order valence-electron chi connectivity index (χ0n) is 15.7. The quantitative estimate of drug-likeness (QED) is 0.352. The van der Waals surface area contributed by atoms with Gasteiger partial charge in [-0.3, -0.25) is 0 Å². The minimum Gasteiger partial charge on any atom is -0.493 e. The van der Waals surface area contributed by atoms with Crippen LogP contribution in [-0.4, -0.2) is 33.4 Å². The molecule has 0 unspecified atom stereocenters. The van der Waals surface area contributed by atoms with Gasteiger partial charge in [-0.15, -0.1) is 24.0 Å². The van der Waals surface area contributed by atoms with Crippen LogP contribution in [-0.2, 0) is 6.54 Å². The van der Waals surface area contributed by atoms with Gasteiger partial charge in [-0.25, -0.2) is 4.99 Å². The van der Waals surface area contributed by atoms with Crippen molar-refractivity contribution in [3.05, 3.63) is 40.9 Å². The lowest BCUT2D eigenvalue weighted by Crippen LogP contribution is -2.22. The van der Waals surface area contributed by atoms with Gasteiger partial charge in [0.2, 0.25) is 0 Å². The molecule has 28 heavy (non-hydrogen) atoms. The average Bonchev–Trinajstić information content (AvgIpc) is 2.92. The first-order chi connectivity index (χ1) is 13.1. The van der Waals surface area contributed by atoms with E-state index in [1.165, 1.54) is 0 Å². The molecule has 0 atom stereocenters. The van der Waals surface area contributed by atoms with Gasteiger partial charge in [0, 0.05) is 18.2 Å². The lowest BCUT2D eigenvalue weighted by molar-refractivity contribution is 0.297. The highest BCUT2D eigenvalue weighted by Crippen LogP contribution is 2.38. The van der Waals surface area contributed by atoms with Crippen LogP contribution in [0.15, 0.2) is 35.3 Å². The lowest BCUT2D eigenvalue weighted by Gasteiger charge is -2.12. The second-order valence-corrected chi connectivity index (χ2v) is 6.26. The summed E-state index contributed by atoms with van der Waals surface area (Å²) in [6.45, 7) is 1.54. The van der Waals surface area contributed by atoms with Crippen molar-refractivity contribution in [1.29, 1.82) is 0 Å². The molecule has 0 saturated heterocycles. The topological polar surface area (TPSA) is 87.3 Å². The van der Waals surface area contributed by atoms with Crippen molar-refractivity contribution < 1.29 is 18.9 Å². The fraction of sp³-hybridized carbons (Fsp3) is 0.316. The van der Waals surface area contributed by atoms with Gasteiger partial charge in [0.15, 0.2) is 29.0 Å². The number of aliphatic imine (C=N–C) groups is 1. The van der Waals surface area contributed by atoms with Crippen molar-refractivity contribution in [2.45, 2.75) is 13.0 Å². The van der Waals surface area contributed by atoms with Crippen LogP contribution >= 0.6 is 35.6 Å². The van der Waals surface area contributed by atoms with Gasteiger partial charge in [-0.2, -0.15) is 0 Å². The number of hydrogen-bond acceptors (Lipinski definition) is 5. The Morgan fingerprint density at radius 1 is 1.14 bits per heavy atom. The number of nitrogens with two attached hydrogens (primary N) is 1. The molecule has 2 aromatic rings. The van der Waals surface area contributed by atoms with Gasteiger partial charge in [0.05, 0.1) is 39.0 Å². The largest absolute Gasteiger partial charge is 0.493 e. The van der Waals surface area contributed by atoms with Gasteiger partial charge >= 0.3 is 0 Å². The number of guanidine groups is 1. The van der Waals surface area contributed by atoms with Crippen LogP contribution in [0.2, 0.25) is 5.02 Å². The molecule has 152 valence electrons. The number of fused-ring (bicyclic) bond motifs is 1. The van der Waals surface area contributed by atoms with E-state index >= 15 is 0 Å². The normalized spacial score (nSPS) is 13.2. The summed E-state index contributed by atoms with van der Waals surface area (Å²) in [4.78, 5) is 4.36. The zero-order valence-corrected chi connectivity index (χ0v) is 18.7. The van der Waals surface area contributed by atoms with Crippen molar-refractivity contribution in [3.8, 4) is 23.0 Å². The standard InChI is InChI=1S/C19H22ClN3O4.HI/c1-24-15-5-4-13(10-16(15)25-2)23-19(21)22-11-12-8-14(20)18-17(9-12)26-6-3-7-27-18;/h4-5,8-10H,3,6-7,11H2,1-2H3,(H3,21,22,23);1H. The number of nitrogens with zero attached hydrogens (tertiary/aromatic N) is 1. The third-order valence-corrected chi connectivity index (χ3v) is 4.23. The number of halogens is 2. The molecule has 0 fully saturated rings. The van der Waals surface area contributed by atoms with Crippen LogP contribution in [0.25, 0.3) is 0 Å². The molecule has 0 aliphatic carbocycles. The molecular formula is C19H23ClIN3O4. The van der Waals surface area contributed by atoms with Gasteiger partial charge < -0.3 is 30.0 Å². The molecule has 0 aromatic heterocycles. The maximum absolute atomic E-state index is 6.30. The Hall–Kier alpha value is -2.07. The van der Waals surface area contributed by atoms with E-state index in [4.69, 9.17) is 36.3 Å². The Morgan fingerprint density at radius 2 is 1.89 bits per heavy atom. The monoisotopic (exact) mass is 519 g/mol. The van der Waals surface area contributed by atoms with E-state index in [9.17, 15) is 0 Å². The van der Waals surface area contributed by atoms with E-state index in [0.717, 1.165) is 17.7 Å². The second kappa shape index (κ2) is 10.5. The Bertz CT molecular complexity index is 848. The van der Waals surface area contributed by atoms with Crippen LogP contribution in [0.3, 0.4) is 0 Å². The number of rotatable bonds is 5. The highest BCUT2D eigenvalue weighted by molar-refractivity contribution is 14.0. The number of methoxy groups -OCH3 is 2. The Kier molecular flexibility index (Phi) is 8.31. The summed E-state index contributed by atoms with van der Waals surface area (Å²) < 4.78 is 21.8. The van der Waals surface area contributed by atoms with Crippen LogP contribution in [0, 0.1) is 0 Å². The number of ether oxygens (including phenoxy) is 4. The summed E-state index contributed by atoms with van der Waals surface area (Å²) in [6.07, 6.45) is 0.820. The van der Waals surface area contributed by atoms with Gasteiger partial charge in [0.1, 0.15) is 0 Å². The summed E-state index contributed by atoms with van der Waals surface area (Å²) in [6, 6.07) is 9.08. The van der Waals surface area contributed by atoms with E-state index in [-0.39, 0.29) is 29.9 Å². The summed E-state index contributed by atoms with van der Waals surface area (Å²) in [7, 11) is 3.16. The Balaban J connectivity index is 0.00000280. The van der Waals surface area contributed by atoms with E-state index in [0.29, 0.717) is 47.8 Å². The van der Waals surface area contributed by atoms with Crippen LogP contribution < -0.4 is 30.0 Å². The molecule has 7 nitrogen and oxygen atoms in total. The van der Waals surface area contributed by atoms with Crippen LogP contribution in [0.4, 0.5) is 5.69 Å². The Morgan fingerprint density at radius 3 is 2.64 bits per heavy atom.